The molecule has 3 fully saturated rings. The Balaban J connectivity index is 1.50. The van der Waals surface area contributed by atoms with Gasteiger partial charge in [0.2, 0.25) is 0 Å². The van der Waals surface area contributed by atoms with Crippen LogP contribution < -0.4 is 0 Å². The molecule has 1 aliphatic heterocycles. The van der Waals surface area contributed by atoms with E-state index in [0.717, 1.165) is 12.8 Å². The van der Waals surface area contributed by atoms with Crippen LogP contribution in [-0.4, -0.2) is 55.0 Å². The highest BCUT2D eigenvalue weighted by molar-refractivity contribution is 5.87. The molecule has 6 nitrogen and oxygen atoms in total. The normalized spacial score (nSPS) is 36.3. The summed E-state index contributed by atoms with van der Waals surface area (Å²) in [6.07, 6.45) is 4.21. The maximum absolute atomic E-state index is 12.7. The lowest BCUT2D eigenvalue weighted by Gasteiger charge is -2.44. The minimum absolute atomic E-state index is 0.0232. The average molecular weight is 425 g/mol. The van der Waals surface area contributed by atoms with E-state index in [1.807, 2.05) is 6.92 Å². The van der Waals surface area contributed by atoms with E-state index in [4.69, 9.17) is 14.2 Å². The van der Waals surface area contributed by atoms with Gasteiger partial charge in [0.1, 0.15) is 17.7 Å². The Labute approximate surface area is 181 Å². The zero-order valence-electron chi connectivity index (χ0n) is 19.4. The molecular formula is C24H40O6. The molecule has 3 rings (SSSR count). The molecule has 1 heterocycles. The Morgan fingerprint density at radius 1 is 1.17 bits per heavy atom. The molecule has 0 aromatic carbocycles. The minimum atomic E-state index is -0.837. The number of hydrogen-bond donors (Lipinski definition) is 1. The summed E-state index contributed by atoms with van der Waals surface area (Å²) in [4.78, 5) is 25.0. The van der Waals surface area contributed by atoms with Crippen LogP contribution in [0.25, 0.3) is 0 Å². The highest BCUT2D eigenvalue weighted by Crippen LogP contribution is 2.53. The maximum Gasteiger partial charge on any atom is 0.191 e. The fourth-order valence-corrected chi connectivity index (χ4v) is 5.72. The summed E-state index contributed by atoms with van der Waals surface area (Å²) in [6, 6.07) is 0. The number of carbonyl (C=O) groups is 2. The largest absolute Gasteiger partial charge is 0.393 e. The van der Waals surface area contributed by atoms with Crippen LogP contribution in [0.3, 0.4) is 0 Å². The highest BCUT2D eigenvalue weighted by atomic mass is 16.7. The van der Waals surface area contributed by atoms with E-state index in [1.54, 1.807) is 7.11 Å². The number of aliphatic hydroxyl groups is 1. The molecule has 1 saturated heterocycles. The van der Waals surface area contributed by atoms with Gasteiger partial charge in [-0.05, 0) is 50.9 Å². The lowest BCUT2D eigenvalue weighted by atomic mass is 9.62. The molecule has 30 heavy (non-hydrogen) atoms. The van der Waals surface area contributed by atoms with Gasteiger partial charge in [-0.2, -0.15) is 0 Å². The number of carbonyl (C=O) groups excluding carboxylic acids is 2. The van der Waals surface area contributed by atoms with Crippen molar-refractivity contribution in [3.8, 4) is 0 Å². The van der Waals surface area contributed by atoms with Gasteiger partial charge in [0, 0.05) is 37.2 Å². The molecule has 0 amide bonds. The SMILES string of the molecule is COC(CCC(=O)CCC1C(O)CCC2(C)C(=O)CCC12)C1(C)OCC(C)(C)CO1. The van der Waals surface area contributed by atoms with E-state index in [1.165, 1.54) is 0 Å². The van der Waals surface area contributed by atoms with Crippen molar-refractivity contribution in [1.82, 2.24) is 0 Å². The first-order chi connectivity index (χ1) is 14.0. The zero-order valence-corrected chi connectivity index (χ0v) is 19.4. The number of Topliss-reactive ketones (excluding diaryl/α,β-unsaturated/α-hetero) is 2. The van der Waals surface area contributed by atoms with E-state index in [9.17, 15) is 14.7 Å². The molecular weight excluding hydrogens is 384 g/mol. The predicted molar refractivity (Wildman–Crippen MR) is 113 cm³/mol. The molecule has 5 unspecified atom stereocenters. The maximum atomic E-state index is 12.7. The quantitative estimate of drug-likeness (QED) is 0.640. The second-order valence-electron chi connectivity index (χ2n) is 10.9. The Hall–Kier alpha value is -0.820. The molecule has 6 heteroatoms. The standard InChI is InChI=1S/C24H40O6/c1-22(2)14-29-24(4,30-15-22)21(28-5)11-7-16(25)6-8-17-18-9-10-20(27)23(18,3)13-12-19(17)26/h17-19,21,26H,6-15H2,1-5H3. The van der Waals surface area contributed by atoms with E-state index >= 15 is 0 Å². The van der Waals surface area contributed by atoms with E-state index in [-0.39, 0.29) is 34.6 Å². The summed E-state index contributed by atoms with van der Waals surface area (Å²) in [6.45, 7) is 9.33. The minimum Gasteiger partial charge on any atom is -0.393 e. The topological polar surface area (TPSA) is 82.1 Å². The second kappa shape index (κ2) is 8.97. The van der Waals surface area contributed by atoms with Gasteiger partial charge in [-0.1, -0.05) is 20.8 Å². The Morgan fingerprint density at radius 3 is 2.47 bits per heavy atom. The molecule has 0 aromatic heterocycles. The summed E-state index contributed by atoms with van der Waals surface area (Å²) in [5.74, 6) is -0.0827. The molecule has 2 aliphatic carbocycles. The third kappa shape index (κ3) is 4.82. The van der Waals surface area contributed by atoms with Gasteiger partial charge < -0.3 is 19.3 Å². The summed E-state index contributed by atoms with van der Waals surface area (Å²) in [5, 5.41) is 10.6. The van der Waals surface area contributed by atoms with Crippen molar-refractivity contribution in [2.45, 2.75) is 97.1 Å². The lowest BCUT2D eigenvalue weighted by Crippen LogP contribution is -2.53. The van der Waals surface area contributed by atoms with Crippen LogP contribution in [0.1, 0.15) is 79.1 Å². The number of fused-ring (bicyclic) bond motifs is 1. The van der Waals surface area contributed by atoms with Crippen molar-refractivity contribution < 1.29 is 28.9 Å². The molecule has 5 atom stereocenters. The second-order valence-corrected chi connectivity index (χ2v) is 10.9. The number of rotatable bonds is 8. The fourth-order valence-electron chi connectivity index (χ4n) is 5.72. The molecule has 3 aliphatic rings. The highest BCUT2D eigenvalue weighted by Gasteiger charge is 2.53. The van der Waals surface area contributed by atoms with E-state index in [0.29, 0.717) is 57.5 Å². The molecule has 172 valence electrons. The summed E-state index contributed by atoms with van der Waals surface area (Å²) < 4.78 is 17.6. The first kappa shape index (κ1) is 23.8. The Kier molecular flexibility index (Phi) is 7.13. The van der Waals surface area contributed by atoms with Gasteiger partial charge in [0.25, 0.3) is 0 Å². The van der Waals surface area contributed by atoms with Gasteiger partial charge in [-0.25, -0.2) is 0 Å². The van der Waals surface area contributed by atoms with E-state index < -0.39 is 11.9 Å². The third-order valence-electron chi connectivity index (χ3n) is 7.92. The molecule has 0 spiro atoms. The van der Waals surface area contributed by atoms with Crippen LogP contribution in [0.15, 0.2) is 0 Å². The van der Waals surface area contributed by atoms with Crippen molar-refractivity contribution in [2.24, 2.45) is 22.7 Å². The van der Waals surface area contributed by atoms with Gasteiger partial charge in [0.05, 0.1) is 19.3 Å². The van der Waals surface area contributed by atoms with Crippen molar-refractivity contribution >= 4 is 11.6 Å². The smallest absolute Gasteiger partial charge is 0.191 e. The summed E-state index contributed by atoms with van der Waals surface area (Å²) >= 11 is 0. The van der Waals surface area contributed by atoms with Crippen molar-refractivity contribution in [2.75, 3.05) is 20.3 Å². The number of ether oxygens (including phenoxy) is 3. The average Bonchev–Trinajstić information content (AvgIpc) is 2.99. The van der Waals surface area contributed by atoms with Crippen molar-refractivity contribution in [1.29, 1.82) is 0 Å². The summed E-state index contributed by atoms with van der Waals surface area (Å²) in [5.41, 5.74) is -0.323. The van der Waals surface area contributed by atoms with Crippen LogP contribution >= 0.6 is 0 Å². The van der Waals surface area contributed by atoms with Crippen LogP contribution in [0, 0.1) is 22.7 Å². The van der Waals surface area contributed by atoms with E-state index in [2.05, 4.69) is 20.8 Å². The van der Waals surface area contributed by atoms with Gasteiger partial charge in [0.15, 0.2) is 5.79 Å². The first-order valence-corrected chi connectivity index (χ1v) is 11.5. The number of hydrogen-bond acceptors (Lipinski definition) is 6. The Morgan fingerprint density at radius 2 is 1.83 bits per heavy atom. The fraction of sp³-hybridized carbons (Fsp3) is 0.917. The van der Waals surface area contributed by atoms with Crippen LogP contribution in [0.5, 0.6) is 0 Å². The third-order valence-corrected chi connectivity index (χ3v) is 7.92. The summed E-state index contributed by atoms with van der Waals surface area (Å²) in [7, 11) is 1.63. The lowest BCUT2D eigenvalue weighted by molar-refractivity contribution is -0.327. The number of aliphatic hydroxyl groups excluding tert-OH is 1. The van der Waals surface area contributed by atoms with Gasteiger partial charge in [-0.15, -0.1) is 0 Å². The Bertz CT molecular complexity index is 634. The monoisotopic (exact) mass is 424 g/mol. The first-order valence-electron chi connectivity index (χ1n) is 11.5. The number of ketones is 2. The van der Waals surface area contributed by atoms with Crippen LogP contribution in [0.4, 0.5) is 0 Å². The molecule has 2 saturated carbocycles. The van der Waals surface area contributed by atoms with Crippen molar-refractivity contribution in [3.05, 3.63) is 0 Å². The molecule has 0 radical (unpaired) electrons. The zero-order chi connectivity index (χ0) is 22.2. The molecule has 0 aromatic rings. The van der Waals surface area contributed by atoms with Crippen LogP contribution in [0.2, 0.25) is 0 Å². The van der Waals surface area contributed by atoms with Crippen molar-refractivity contribution in [3.63, 3.8) is 0 Å². The molecule has 1 N–H and O–H groups in total. The van der Waals surface area contributed by atoms with Gasteiger partial charge in [-0.3, -0.25) is 9.59 Å². The number of methoxy groups -OCH3 is 1. The molecule has 0 bridgehead atoms. The van der Waals surface area contributed by atoms with Gasteiger partial charge >= 0.3 is 0 Å². The predicted octanol–water partition coefficient (Wildman–Crippen LogP) is 3.68. The van der Waals surface area contributed by atoms with Crippen LogP contribution in [-0.2, 0) is 23.8 Å².